The van der Waals surface area contributed by atoms with Gasteiger partial charge in [0.05, 0.1) is 0 Å². The molecule has 3 N–H and O–H groups in total. The average Bonchev–Trinajstić information content (AvgIpc) is 2.80. The van der Waals surface area contributed by atoms with Gasteiger partial charge in [0.15, 0.2) is 6.10 Å². The molecule has 0 aliphatic rings. The van der Waals surface area contributed by atoms with Crippen LogP contribution in [0.3, 0.4) is 0 Å². The van der Waals surface area contributed by atoms with Gasteiger partial charge in [0.1, 0.15) is 5.58 Å². The van der Waals surface area contributed by atoms with Gasteiger partial charge < -0.3 is 14.9 Å². The lowest BCUT2D eigenvalue weighted by Crippen LogP contribution is -2.45. The summed E-state index contributed by atoms with van der Waals surface area (Å²) in [6.07, 6.45) is -1.18. The maximum Gasteiger partial charge on any atom is 0.375 e. The first-order valence-corrected chi connectivity index (χ1v) is 7.58. The van der Waals surface area contributed by atoms with E-state index in [-0.39, 0.29) is 11.7 Å². The Morgan fingerprint density at radius 1 is 1.29 bits per heavy atom. The molecule has 2 aromatic rings. The summed E-state index contributed by atoms with van der Waals surface area (Å²) in [5.41, 5.74) is 5.95. The first-order valence-electron chi connectivity index (χ1n) is 7.20. The SMILES string of the molecule is Cc1c(C(=O)O[C@H](C(=O)NC(N)=O)C(C)C)oc2ccc(Cl)cc12. The number of benzene rings is 1. The Morgan fingerprint density at radius 2 is 1.96 bits per heavy atom. The van der Waals surface area contributed by atoms with Gasteiger partial charge in [-0.25, -0.2) is 9.59 Å². The second kappa shape index (κ2) is 6.92. The van der Waals surface area contributed by atoms with Crippen LogP contribution >= 0.6 is 11.6 Å². The normalized spacial score (nSPS) is 12.2. The molecule has 1 aromatic heterocycles. The van der Waals surface area contributed by atoms with E-state index in [1.165, 1.54) is 0 Å². The van der Waals surface area contributed by atoms with E-state index in [1.807, 2.05) is 5.32 Å². The van der Waals surface area contributed by atoms with Crippen LogP contribution in [0.2, 0.25) is 5.02 Å². The zero-order valence-corrected chi connectivity index (χ0v) is 14.1. The molecule has 0 spiro atoms. The quantitative estimate of drug-likeness (QED) is 0.822. The number of nitrogens with one attached hydrogen (secondary N) is 1. The van der Waals surface area contributed by atoms with Crippen LogP contribution < -0.4 is 11.1 Å². The Morgan fingerprint density at radius 3 is 2.54 bits per heavy atom. The summed E-state index contributed by atoms with van der Waals surface area (Å²) >= 11 is 5.94. The number of urea groups is 1. The number of ether oxygens (including phenoxy) is 1. The molecule has 0 aliphatic heterocycles. The molecule has 7 nitrogen and oxygen atoms in total. The molecule has 0 bridgehead atoms. The Balaban J connectivity index is 2.29. The average molecular weight is 353 g/mol. The third-order valence-electron chi connectivity index (χ3n) is 3.43. The van der Waals surface area contributed by atoms with Gasteiger partial charge in [-0.2, -0.15) is 0 Å². The molecule has 0 saturated carbocycles. The molecule has 1 atom stereocenters. The maximum atomic E-state index is 12.4. The summed E-state index contributed by atoms with van der Waals surface area (Å²) in [6.45, 7) is 5.03. The van der Waals surface area contributed by atoms with Crippen LogP contribution in [0.1, 0.15) is 30.0 Å². The molecule has 3 amide bonds. The van der Waals surface area contributed by atoms with Crippen molar-refractivity contribution >= 4 is 40.5 Å². The first-order chi connectivity index (χ1) is 11.2. The van der Waals surface area contributed by atoms with Gasteiger partial charge in [0.2, 0.25) is 5.76 Å². The van der Waals surface area contributed by atoms with Crippen LogP contribution in [0.4, 0.5) is 4.79 Å². The number of halogens is 1. The van der Waals surface area contributed by atoms with Crippen LogP contribution in [-0.2, 0) is 9.53 Å². The highest BCUT2D eigenvalue weighted by Gasteiger charge is 2.30. The van der Waals surface area contributed by atoms with E-state index in [1.54, 1.807) is 39.0 Å². The number of hydrogen-bond acceptors (Lipinski definition) is 5. The molecular weight excluding hydrogens is 336 g/mol. The molecule has 2 rings (SSSR count). The van der Waals surface area contributed by atoms with E-state index in [4.69, 9.17) is 26.5 Å². The highest BCUT2D eigenvalue weighted by Crippen LogP contribution is 2.28. The highest BCUT2D eigenvalue weighted by molar-refractivity contribution is 6.31. The van der Waals surface area contributed by atoms with Crippen molar-refractivity contribution in [1.82, 2.24) is 5.32 Å². The Hall–Kier alpha value is -2.54. The van der Waals surface area contributed by atoms with Crippen LogP contribution in [-0.4, -0.2) is 24.0 Å². The first kappa shape index (κ1) is 17.8. The summed E-state index contributed by atoms with van der Waals surface area (Å²) < 4.78 is 10.7. The van der Waals surface area contributed by atoms with E-state index < -0.39 is 24.0 Å². The fourth-order valence-electron chi connectivity index (χ4n) is 2.24. The molecule has 0 unspecified atom stereocenters. The van der Waals surface area contributed by atoms with Gasteiger partial charge in [-0.3, -0.25) is 10.1 Å². The lowest BCUT2D eigenvalue weighted by molar-refractivity contribution is -0.131. The van der Waals surface area contributed by atoms with E-state index >= 15 is 0 Å². The lowest BCUT2D eigenvalue weighted by Gasteiger charge is -2.19. The molecule has 0 fully saturated rings. The maximum absolute atomic E-state index is 12.4. The number of fused-ring (bicyclic) bond motifs is 1. The number of rotatable bonds is 4. The largest absolute Gasteiger partial charge is 0.449 e. The lowest BCUT2D eigenvalue weighted by atomic mass is 10.1. The summed E-state index contributed by atoms with van der Waals surface area (Å²) in [6, 6.07) is 3.93. The highest BCUT2D eigenvalue weighted by atomic mass is 35.5. The number of nitrogens with two attached hydrogens (primary N) is 1. The van der Waals surface area contributed by atoms with Crippen molar-refractivity contribution in [2.24, 2.45) is 11.7 Å². The zero-order valence-electron chi connectivity index (χ0n) is 13.4. The number of aryl methyl sites for hydroxylation is 1. The van der Waals surface area contributed by atoms with E-state index in [9.17, 15) is 14.4 Å². The number of furan rings is 1. The van der Waals surface area contributed by atoms with Crippen molar-refractivity contribution in [3.05, 3.63) is 34.5 Å². The van der Waals surface area contributed by atoms with E-state index in [0.717, 1.165) is 0 Å². The van der Waals surface area contributed by atoms with Gasteiger partial charge in [-0.1, -0.05) is 25.4 Å². The molecule has 24 heavy (non-hydrogen) atoms. The summed E-state index contributed by atoms with van der Waals surface area (Å²) in [4.78, 5) is 35.1. The minimum atomic E-state index is -1.18. The van der Waals surface area contributed by atoms with Crippen LogP contribution in [0.25, 0.3) is 11.0 Å². The monoisotopic (exact) mass is 352 g/mol. The van der Waals surface area contributed by atoms with Crippen LogP contribution in [0, 0.1) is 12.8 Å². The number of amides is 3. The topological polar surface area (TPSA) is 112 Å². The number of hydrogen-bond donors (Lipinski definition) is 2. The molecule has 8 heteroatoms. The van der Waals surface area contributed by atoms with Crippen molar-refractivity contribution in [2.75, 3.05) is 0 Å². The number of esters is 1. The summed E-state index contributed by atoms with van der Waals surface area (Å²) in [7, 11) is 0. The fraction of sp³-hybridized carbons (Fsp3) is 0.312. The molecule has 1 heterocycles. The Bertz CT molecular complexity index is 812. The minimum absolute atomic E-state index is 0.0233. The predicted molar refractivity (Wildman–Crippen MR) is 87.7 cm³/mol. The molecular formula is C16H17ClN2O5. The number of carbonyl (C=O) groups excluding carboxylic acids is 3. The van der Waals surface area contributed by atoms with Crippen LogP contribution in [0.5, 0.6) is 0 Å². The second-order valence-corrected chi connectivity index (χ2v) is 6.06. The number of imide groups is 1. The number of carbonyl (C=O) groups is 3. The standard InChI is InChI=1S/C16H17ClN2O5/c1-7(2)12(14(20)19-16(18)22)24-15(21)13-8(3)10-6-9(17)4-5-11(10)23-13/h4-7,12H,1-3H3,(H3,18,19,20,22)/t12-/m0/s1. The molecule has 128 valence electrons. The van der Waals surface area contributed by atoms with Gasteiger partial charge in [0.25, 0.3) is 5.91 Å². The Labute approximate surface area is 143 Å². The van der Waals surface area contributed by atoms with Crippen molar-refractivity contribution < 1.29 is 23.5 Å². The molecule has 0 aliphatic carbocycles. The predicted octanol–water partition coefficient (Wildman–Crippen LogP) is 2.77. The smallest absolute Gasteiger partial charge is 0.375 e. The third-order valence-corrected chi connectivity index (χ3v) is 3.66. The summed E-state index contributed by atoms with van der Waals surface area (Å²) in [5.74, 6) is -1.99. The van der Waals surface area contributed by atoms with Crippen molar-refractivity contribution in [1.29, 1.82) is 0 Å². The molecule has 1 aromatic carbocycles. The van der Waals surface area contributed by atoms with E-state index in [0.29, 0.717) is 21.6 Å². The Kier molecular flexibility index (Phi) is 5.14. The van der Waals surface area contributed by atoms with Crippen molar-refractivity contribution in [3.63, 3.8) is 0 Å². The van der Waals surface area contributed by atoms with E-state index in [2.05, 4.69) is 0 Å². The fourth-order valence-corrected chi connectivity index (χ4v) is 2.41. The van der Waals surface area contributed by atoms with Gasteiger partial charge in [0, 0.05) is 16.0 Å². The summed E-state index contributed by atoms with van der Waals surface area (Å²) in [5, 5.41) is 3.09. The molecule has 0 radical (unpaired) electrons. The van der Waals surface area contributed by atoms with Gasteiger partial charge in [-0.05, 0) is 31.0 Å². The third kappa shape index (κ3) is 3.68. The second-order valence-electron chi connectivity index (χ2n) is 5.62. The zero-order chi connectivity index (χ0) is 18.0. The molecule has 0 saturated heterocycles. The van der Waals surface area contributed by atoms with Gasteiger partial charge >= 0.3 is 12.0 Å². The number of primary amides is 1. The minimum Gasteiger partial charge on any atom is -0.449 e. The van der Waals surface area contributed by atoms with Crippen molar-refractivity contribution in [3.8, 4) is 0 Å². The van der Waals surface area contributed by atoms with Gasteiger partial charge in [-0.15, -0.1) is 0 Å². The van der Waals surface area contributed by atoms with Crippen molar-refractivity contribution in [2.45, 2.75) is 26.9 Å². The van der Waals surface area contributed by atoms with Crippen LogP contribution in [0.15, 0.2) is 22.6 Å².